The lowest BCUT2D eigenvalue weighted by atomic mass is 9.84. The number of amides is 2. The van der Waals surface area contributed by atoms with Crippen LogP contribution < -0.4 is 25.4 Å². The highest BCUT2D eigenvalue weighted by atomic mass is 35.5. The molecule has 1 aliphatic heterocycles. The molecule has 0 radical (unpaired) electrons. The molecule has 0 unspecified atom stereocenters. The maximum atomic E-state index is 13.4. The van der Waals surface area contributed by atoms with Gasteiger partial charge in [0, 0.05) is 23.8 Å². The number of carbonyl (C=O) groups is 2. The number of nitrogens with one attached hydrogen (secondary N) is 4. The Bertz CT molecular complexity index is 1430. The van der Waals surface area contributed by atoms with Gasteiger partial charge in [0.05, 0.1) is 24.5 Å². The molecule has 2 atom stereocenters. The molecule has 4 N–H and O–H groups in total. The van der Waals surface area contributed by atoms with Gasteiger partial charge in [-0.1, -0.05) is 24.4 Å². The first kappa shape index (κ1) is 31.6. The lowest BCUT2D eigenvalue weighted by molar-refractivity contribution is -0.191. The Hall–Kier alpha value is -3.37. The normalized spacial score (nSPS) is 20.4. The van der Waals surface area contributed by atoms with Gasteiger partial charge in [0.2, 0.25) is 22.7 Å². The van der Waals surface area contributed by atoms with E-state index in [9.17, 15) is 31.2 Å². The number of ether oxygens (including phenoxy) is 1. The van der Waals surface area contributed by atoms with E-state index in [4.69, 9.17) is 16.3 Å². The Kier molecular flexibility index (Phi) is 9.37. The van der Waals surface area contributed by atoms with Gasteiger partial charge in [-0.3, -0.25) is 9.59 Å². The van der Waals surface area contributed by atoms with Crippen molar-refractivity contribution in [1.82, 2.24) is 19.6 Å². The van der Waals surface area contributed by atoms with Crippen molar-refractivity contribution in [2.45, 2.75) is 57.3 Å². The largest absolute Gasteiger partial charge is 0.495 e. The van der Waals surface area contributed by atoms with E-state index >= 15 is 0 Å². The second kappa shape index (κ2) is 12.5. The van der Waals surface area contributed by atoms with Gasteiger partial charge in [0.15, 0.2) is 5.82 Å². The first-order chi connectivity index (χ1) is 19.7. The number of nitrogens with zero attached hydrogens (tertiary/aromatic N) is 3. The third kappa shape index (κ3) is 6.98. The van der Waals surface area contributed by atoms with Crippen molar-refractivity contribution >= 4 is 57.4 Å². The molecular formula is C25H31ClF3N7O5S. The van der Waals surface area contributed by atoms with Crippen LogP contribution in [-0.2, 0) is 26.0 Å². The van der Waals surface area contributed by atoms with Gasteiger partial charge in [0.1, 0.15) is 17.3 Å². The molecule has 2 amide bonds. The minimum atomic E-state index is -5.17. The number of methoxy groups -OCH3 is 1. The molecule has 0 saturated heterocycles. The monoisotopic (exact) mass is 633 g/mol. The standard InChI is InChI=1S/C25H31ClF3N7O5S/c1-24(2)14-8-19(41-3)18(9-17(14)32-20(37)12-36(24)22(38)25(27,28)29)34-23-30-11-15(26)21(35-23)33-16-7-5-4-6-13(16)10-31-42(39)40/h8-9,11,13,16,42H,4-7,10,12H2,1-3H3,(H,32,37)(H,31,39,40)(H2,30,33,34,35)/t13-,16-/m1/s1. The molecule has 17 heteroatoms. The zero-order valence-corrected chi connectivity index (χ0v) is 24.6. The van der Waals surface area contributed by atoms with Crippen LogP contribution in [0.15, 0.2) is 18.3 Å². The summed E-state index contributed by atoms with van der Waals surface area (Å²) in [5.74, 6) is -2.31. The van der Waals surface area contributed by atoms with Crippen LogP contribution in [0.1, 0.15) is 45.1 Å². The molecule has 2 aromatic rings. The molecule has 42 heavy (non-hydrogen) atoms. The number of carbonyl (C=O) groups excluding carboxylic acids is 2. The fourth-order valence-corrected chi connectivity index (χ4v) is 5.80. The van der Waals surface area contributed by atoms with Crippen molar-refractivity contribution in [3.05, 3.63) is 28.9 Å². The maximum Gasteiger partial charge on any atom is 0.471 e. The number of thiol groups is 1. The number of aromatic nitrogens is 2. The number of rotatable bonds is 8. The van der Waals surface area contributed by atoms with Crippen LogP contribution in [0.4, 0.5) is 36.3 Å². The number of hydrogen-bond donors (Lipinski definition) is 5. The summed E-state index contributed by atoms with van der Waals surface area (Å²) in [6.45, 7) is 2.30. The SMILES string of the molecule is COc1cc2c(cc1Nc1ncc(Cl)c(N[C@@H]3CCCC[C@@H]3CN[SH](=O)=O)n1)NC(=O)CN(C(=O)C(F)(F)F)C2(C)C. The van der Waals surface area contributed by atoms with E-state index in [2.05, 4.69) is 30.6 Å². The number of alkyl halides is 3. The zero-order valence-electron chi connectivity index (χ0n) is 23.0. The summed E-state index contributed by atoms with van der Waals surface area (Å²) < 4.78 is 70.1. The van der Waals surface area contributed by atoms with Crippen LogP contribution in [0.5, 0.6) is 5.75 Å². The van der Waals surface area contributed by atoms with E-state index in [1.807, 2.05) is 0 Å². The van der Waals surface area contributed by atoms with Gasteiger partial charge < -0.3 is 25.6 Å². The molecule has 1 aromatic heterocycles. The quantitative estimate of drug-likeness (QED) is 0.275. The molecule has 230 valence electrons. The first-order valence-electron chi connectivity index (χ1n) is 13.1. The molecule has 0 spiro atoms. The van der Waals surface area contributed by atoms with Gasteiger partial charge in [-0.25, -0.2) is 18.1 Å². The van der Waals surface area contributed by atoms with E-state index in [0.717, 1.165) is 25.7 Å². The third-order valence-electron chi connectivity index (χ3n) is 7.44. The summed E-state index contributed by atoms with van der Waals surface area (Å²) in [5.41, 5.74) is -0.849. The number of anilines is 4. The van der Waals surface area contributed by atoms with Gasteiger partial charge in [-0.15, -0.1) is 0 Å². The predicted molar refractivity (Wildman–Crippen MR) is 150 cm³/mol. The molecule has 1 aliphatic carbocycles. The number of halogens is 4. The molecule has 1 fully saturated rings. The van der Waals surface area contributed by atoms with Crippen LogP contribution in [-0.4, -0.2) is 67.5 Å². The van der Waals surface area contributed by atoms with E-state index in [-0.39, 0.29) is 52.2 Å². The summed E-state index contributed by atoms with van der Waals surface area (Å²) in [6, 6.07) is 2.81. The van der Waals surface area contributed by atoms with E-state index in [0.29, 0.717) is 10.7 Å². The van der Waals surface area contributed by atoms with E-state index in [1.54, 1.807) is 0 Å². The summed E-state index contributed by atoms with van der Waals surface area (Å²) >= 11 is 6.37. The molecule has 1 saturated carbocycles. The summed E-state index contributed by atoms with van der Waals surface area (Å²) in [5, 5.41) is 9.12. The smallest absolute Gasteiger partial charge is 0.471 e. The van der Waals surface area contributed by atoms with Crippen molar-refractivity contribution < 1.29 is 35.9 Å². The topological polar surface area (TPSA) is 155 Å². The van der Waals surface area contributed by atoms with E-state index < -0.39 is 41.0 Å². The average Bonchev–Trinajstić information content (AvgIpc) is 3.01. The summed E-state index contributed by atoms with van der Waals surface area (Å²) in [4.78, 5) is 33.9. The fraction of sp³-hybridized carbons (Fsp3) is 0.520. The van der Waals surface area contributed by atoms with Crippen LogP contribution >= 0.6 is 11.6 Å². The minimum absolute atomic E-state index is 0.0227. The van der Waals surface area contributed by atoms with Crippen LogP contribution in [0, 0.1) is 5.92 Å². The molecule has 2 aliphatic rings. The summed E-state index contributed by atoms with van der Waals surface area (Å²) in [7, 11) is -1.36. The van der Waals surface area contributed by atoms with Crippen LogP contribution in [0.25, 0.3) is 0 Å². The Morgan fingerprint density at radius 2 is 1.98 bits per heavy atom. The molecule has 12 nitrogen and oxygen atoms in total. The lowest BCUT2D eigenvalue weighted by Gasteiger charge is -2.37. The maximum absolute atomic E-state index is 13.4. The lowest BCUT2D eigenvalue weighted by Crippen LogP contribution is -2.52. The number of hydrogen-bond acceptors (Lipinski definition) is 9. The molecule has 2 heterocycles. The highest BCUT2D eigenvalue weighted by Crippen LogP contribution is 2.43. The van der Waals surface area contributed by atoms with Gasteiger partial charge in [0.25, 0.3) is 0 Å². The van der Waals surface area contributed by atoms with Crippen molar-refractivity contribution in [2.24, 2.45) is 5.92 Å². The van der Waals surface area contributed by atoms with E-state index in [1.165, 1.54) is 39.3 Å². The summed E-state index contributed by atoms with van der Waals surface area (Å²) in [6.07, 6.45) is -0.265. The molecule has 4 rings (SSSR count). The molecule has 1 aromatic carbocycles. The van der Waals surface area contributed by atoms with Crippen molar-refractivity contribution in [3.63, 3.8) is 0 Å². The van der Waals surface area contributed by atoms with Gasteiger partial charge >= 0.3 is 12.1 Å². The van der Waals surface area contributed by atoms with Gasteiger partial charge in [-0.05, 0) is 44.7 Å². The second-order valence-electron chi connectivity index (χ2n) is 10.5. The second-order valence-corrected chi connectivity index (χ2v) is 11.8. The first-order valence-corrected chi connectivity index (χ1v) is 14.6. The van der Waals surface area contributed by atoms with Crippen molar-refractivity contribution in [3.8, 4) is 5.75 Å². The highest BCUT2D eigenvalue weighted by Gasteiger charge is 2.49. The fourth-order valence-electron chi connectivity index (χ4n) is 5.27. The Morgan fingerprint density at radius 3 is 2.64 bits per heavy atom. The molecular weight excluding hydrogens is 603 g/mol. The Balaban J connectivity index is 1.64. The van der Waals surface area contributed by atoms with Crippen LogP contribution in [0.3, 0.4) is 0 Å². The number of fused-ring (bicyclic) bond motifs is 1. The van der Waals surface area contributed by atoms with Gasteiger partial charge in [-0.2, -0.15) is 18.2 Å². The zero-order chi connectivity index (χ0) is 30.8. The van der Waals surface area contributed by atoms with Crippen molar-refractivity contribution in [2.75, 3.05) is 36.1 Å². The number of benzene rings is 1. The Morgan fingerprint density at radius 1 is 1.26 bits per heavy atom. The third-order valence-corrected chi connectivity index (χ3v) is 8.16. The molecule has 0 bridgehead atoms. The Labute approximate surface area is 246 Å². The predicted octanol–water partition coefficient (Wildman–Crippen LogP) is 3.55. The van der Waals surface area contributed by atoms with Crippen molar-refractivity contribution in [1.29, 1.82) is 0 Å². The average molecular weight is 634 g/mol. The minimum Gasteiger partial charge on any atom is -0.495 e. The highest BCUT2D eigenvalue weighted by molar-refractivity contribution is 7.70. The van der Waals surface area contributed by atoms with Crippen LogP contribution in [0.2, 0.25) is 5.02 Å².